The van der Waals surface area contributed by atoms with Crippen LogP contribution in [-0.4, -0.2) is 38.1 Å². The molecule has 3 aromatic rings. The number of ether oxygens (including phenoxy) is 2. The maximum atomic E-state index is 13.1. The lowest BCUT2D eigenvalue weighted by atomic mass is 9.86. The van der Waals surface area contributed by atoms with Crippen molar-refractivity contribution in [2.75, 3.05) is 4.90 Å². The number of nitrogens with one attached hydrogen (secondary N) is 1. The van der Waals surface area contributed by atoms with Crippen LogP contribution in [0.25, 0.3) is 0 Å². The number of halogens is 3. The van der Waals surface area contributed by atoms with Gasteiger partial charge in [-0.3, -0.25) is 0 Å². The lowest BCUT2D eigenvalue weighted by Gasteiger charge is -2.42. The summed E-state index contributed by atoms with van der Waals surface area (Å²) in [7, 11) is -4.13. The Morgan fingerprint density at radius 3 is 2.35 bits per heavy atom. The van der Waals surface area contributed by atoms with E-state index in [0.717, 1.165) is 41.2 Å². The summed E-state index contributed by atoms with van der Waals surface area (Å²) in [6, 6.07) is 17.9. The maximum absolute atomic E-state index is 13.1. The summed E-state index contributed by atoms with van der Waals surface area (Å²) in [5, 5.41) is 11.5. The lowest BCUT2D eigenvalue weighted by Crippen LogP contribution is -2.55. The fraction of sp³-hybridized carbons (Fsp3) is 0.308. The second kappa shape index (κ2) is 9.88. The van der Waals surface area contributed by atoms with E-state index in [0.29, 0.717) is 31.6 Å². The normalized spacial score (nSPS) is 21.8. The minimum atomic E-state index is -4.88. The van der Waals surface area contributed by atoms with Gasteiger partial charge in [0.05, 0.1) is 28.8 Å². The molecule has 1 unspecified atom stereocenters. The Labute approximate surface area is 212 Å². The van der Waals surface area contributed by atoms with Crippen molar-refractivity contribution >= 4 is 21.4 Å². The van der Waals surface area contributed by atoms with Gasteiger partial charge in [0, 0.05) is 11.3 Å². The number of alkyl halides is 3. The van der Waals surface area contributed by atoms with Crippen LogP contribution in [0.5, 0.6) is 11.5 Å². The Kier molecular flexibility index (Phi) is 6.78. The fourth-order valence-corrected chi connectivity index (χ4v) is 6.23. The van der Waals surface area contributed by atoms with Crippen LogP contribution in [-0.2, 0) is 16.6 Å². The molecule has 1 aliphatic heterocycles. The molecular formula is C26H25F3N2O5S. The number of rotatable bonds is 5. The monoisotopic (exact) mass is 534 g/mol. The van der Waals surface area contributed by atoms with Crippen molar-refractivity contribution in [1.29, 1.82) is 0 Å². The first-order chi connectivity index (χ1) is 17.6. The highest BCUT2D eigenvalue weighted by Gasteiger charge is 2.40. The van der Waals surface area contributed by atoms with Gasteiger partial charge in [-0.2, -0.15) is 0 Å². The molecule has 1 aliphatic carbocycles. The highest BCUT2D eigenvalue weighted by atomic mass is 32.2. The molecule has 7 nitrogen and oxygen atoms in total. The van der Waals surface area contributed by atoms with Gasteiger partial charge in [0.2, 0.25) is 10.0 Å². The highest BCUT2D eigenvalue weighted by Crippen LogP contribution is 2.43. The van der Waals surface area contributed by atoms with Gasteiger partial charge >= 0.3 is 6.36 Å². The SMILES string of the molecule is O=S(=O)(N[C@@H]1CCCC(N2c3ccccc3COc3ccccc32)[C@H]1O)c1ccc(OC(F)(F)F)cc1. The third kappa shape index (κ3) is 5.39. The highest BCUT2D eigenvalue weighted by molar-refractivity contribution is 7.89. The topological polar surface area (TPSA) is 88.1 Å². The zero-order valence-corrected chi connectivity index (χ0v) is 20.4. The van der Waals surface area contributed by atoms with Crippen LogP contribution in [0.3, 0.4) is 0 Å². The van der Waals surface area contributed by atoms with Crippen LogP contribution in [0.15, 0.2) is 77.7 Å². The zero-order valence-electron chi connectivity index (χ0n) is 19.6. The summed E-state index contributed by atoms with van der Waals surface area (Å²) in [5.41, 5.74) is 2.59. The summed E-state index contributed by atoms with van der Waals surface area (Å²) in [6.45, 7) is 0.358. The molecule has 3 aromatic carbocycles. The Bertz CT molecular complexity index is 1320. The lowest BCUT2D eigenvalue weighted by molar-refractivity contribution is -0.274. The summed E-state index contributed by atoms with van der Waals surface area (Å²) in [4.78, 5) is 1.79. The van der Waals surface area contributed by atoms with Gasteiger partial charge in [-0.15, -0.1) is 13.2 Å². The van der Waals surface area contributed by atoms with Crippen molar-refractivity contribution in [3.63, 3.8) is 0 Å². The smallest absolute Gasteiger partial charge is 0.487 e. The van der Waals surface area contributed by atoms with Crippen LogP contribution in [0.1, 0.15) is 24.8 Å². The van der Waals surface area contributed by atoms with Crippen LogP contribution >= 0.6 is 0 Å². The molecule has 2 N–H and O–H groups in total. The molecule has 0 aromatic heterocycles. The van der Waals surface area contributed by atoms with E-state index >= 15 is 0 Å². The number of sulfonamides is 1. The van der Waals surface area contributed by atoms with Gasteiger partial charge in [0.15, 0.2) is 0 Å². The van der Waals surface area contributed by atoms with Gasteiger partial charge in [0.25, 0.3) is 0 Å². The molecule has 0 spiro atoms. The predicted octanol–water partition coefficient (Wildman–Crippen LogP) is 4.88. The number of fused-ring (bicyclic) bond motifs is 2. The van der Waals surface area contributed by atoms with Gasteiger partial charge in [-0.1, -0.05) is 30.3 Å². The summed E-state index contributed by atoms with van der Waals surface area (Å²) < 4.78 is 75.8. The first kappa shape index (κ1) is 25.4. The van der Waals surface area contributed by atoms with E-state index in [-0.39, 0.29) is 4.90 Å². The molecule has 11 heteroatoms. The number of anilines is 2. The predicted molar refractivity (Wildman–Crippen MR) is 130 cm³/mol. The Balaban J connectivity index is 1.41. The average Bonchev–Trinajstić information content (AvgIpc) is 3.02. The van der Waals surface area contributed by atoms with Gasteiger partial charge in [-0.05, 0) is 61.7 Å². The molecule has 0 radical (unpaired) electrons. The molecule has 1 fully saturated rings. The number of hydrogen-bond acceptors (Lipinski definition) is 6. The van der Waals surface area contributed by atoms with Crippen molar-refractivity contribution in [3.05, 3.63) is 78.4 Å². The molecule has 3 atom stereocenters. The number of aliphatic hydroxyl groups is 1. The van der Waals surface area contributed by atoms with Crippen molar-refractivity contribution in [2.45, 2.75) is 55.3 Å². The molecule has 0 bridgehead atoms. The molecule has 1 heterocycles. The molecular weight excluding hydrogens is 509 g/mol. The molecule has 1 saturated carbocycles. The van der Waals surface area contributed by atoms with Crippen molar-refractivity contribution in [3.8, 4) is 11.5 Å². The minimum absolute atomic E-state index is 0.227. The van der Waals surface area contributed by atoms with Crippen molar-refractivity contribution in [2.24, 2.45) is 0 Å². The fourth-order valence-electron chi connectivity index (χ4n) is 4.94. The summed E-state index contributed by atoms with van der Waals surface area (Å²) in [5.74, 6) is 0.139. The standard InChI is InChI=1S/C26H25F3N2O5S/c27-26(28,29)36-18-12-14-19(15-13-18)37(33,34)30-20-7-5-10-23(25(20)32)31-21-8-2-1-6-17(21)16-35-24-11-4-3-9-22(24)31/h1-4,6,8-9,11-15,20,23,25,30,32H,5,7,10,16H2/t20-,23?,25+/m1/s1. The van der Waals surface area contributed by atoms with E-state index in [1.807, 2.05) is 53.4 Å². The molecule has 0 saturated heterocycles. The number of benzene rings is 3. The van der Waals surface area contributed by atoms with Crippen LogP contribution < -0.4 is 19.1 Å². The first-order valence-electron chi connectivity index (χ1n) is 11.8. The molecule has 37 heavy (non-hydrogen) atoms. The van der Waals surface area contributed by atoms with E-state index in [4.69, 9.17) is 4.74 Å². The Morgan fingerprint density at radius 1 is 0.946 bits per heavy atom. The zero-order chi connectivity index (χ0) is 26.2. The second-order valence-electron chi connectivity index (χ2n) is 8.99. The first-order valence-corrected chi connectivity index (χ1v) is 13.3. The van der Waals surface area contributed by atoms with E-state index in [1.54, 1.807) is 0 Å². The summed E-state index contributed by atoms with van der Waals surface area (Å²) >= 11 is 0. The number of hydrogen-bond donors (Lipinski definition) is 2. The van der Waals surface area contributed by atoms with Crippen molar-refractivity contribution < 1.29 is 36.2 Å². The minimum Gasteiger partial charge on any atom is -0.487 e. The number of nitrogens with zero attached hydrogens (tertiary/aromatic N) is 1. The van der Waals surface area contributed by atoms with Crippen LogP contribution in [0.4, 0.5) is 24.5 Å². The van der Waals surface area contributed by atoms with Crippen LogP contribution in [0.2, 0.25) is 0 Å². The van der Waals surface area contributed by atoms with E-state index in [2.05, 4.69) is 9.46 Å². The average molecular weight is 535 g/mol. The quantitative estimate of drug-likeness (QED) is 0.486. The van der Waals surface area contributed by atoms with E-state index in [9.17, 15) is 26.7 Å². The third-order valence-electron chi connectivity index (χ3n) is 6.59. The van der Waals surface area contributed by atoms with Gasteiger partial charge in [0.1, 0.15) is 18.1 Å². The maximum Gasteiger partial charge on any atom is 0.573 e. The second-order valence-corrected chi connectivity index (χ2v) is 10.7. The number of para-hydroxylation sites is 3. The molecule has 5 rings (SSSR count). The molecule has 196 valence electrons. The van der Waals surface area contributed by atoms with Gasteiger partial charge < -0.3 is 19.5 Å². The molecule has 2 aliphatic rings. The van der Waals surface area contributed by atoms with Crippen molar-refractivity contribution in [1.82, 2.24) is 4.72 Å². The van der Waals surface area contributed by atoms with Gasteiger partial charge in [-0.25, -0.2) is 13.1 Å². The van der Waals surface area contributed by atoms with E-state index < -0.39 is 40.3 Å². The third-order valence-corrected chi connectivity index (χ3v) is 8.09. The Morgan fingerprint density at radius 2 is 1.62 bits per heavy atom. The van der Waals surface area contributed by atoms with E-state index in [1.165, 1.54) is 0 Å². The Hall–Kier alpha value is -3.28. The summed E-state index contributed by atoms with van der Waals surface area (Å²) in [6.07, 6.45) is -4.29. The largest absolute Gasteiger partial charge is 0.573 e. The van der Waals surface area contributed by atoms with Crippen LogP contribution in [0, 0.1) is 0 Å². The molecule has 0 amide bonds. The number of aliphatic hydroxyl groups excluding tert-OH is 1.